The van der Waals surface area contributed by atoms with Gasteiger partial charge in [-0.1, -0.05) is 24.2 Å². The minimum absolute atomic E-state index is 0.0569. The molecule has 0 bridgehead atoms. The van der Waals surface area contributed by atoms with Crippen LogP contribution < -0.4 is 4.90 Å². The van der Waals surface area contributed by atoms with Gasteiger partial charge in [-0.05, 0) is 37.0 Å². The van der Waals surface area contributed by atoms with Gasteiger partial charge in [0.05, 0.1) is 16.8 Å². The number of rotatable bonds is 2. The van der Waals surface area contributed by atoms with Crippen molar-refractivity contribution in [3.63, 3.8) is 0 Å². The largest absolute Gasteiger partial charge is 0.396 e. The fraction of sp³-hybridized carbons (Fsp3) is 0.562. The Morgan fingerprint density at radius 1 is 1.43 bits per heavy atom. The third-order valence-electron chi connectivity index (χ3n) is 5.21. The number of fused-ring (bicyclic) bond motifs is 2. The van der Waals surface area contributed by atoms with E-state index >= 15 is 0 Å². The third-order valence-corrected chi connectivity index (χ3v) is 6.29. The molecule has 2 atom stereocenters. The average Bonchev–Trinajstić information content (AvgIpc) is 3.07. The Hall–Kier alpha value is -1.20. The van der Waals surface area contributed by atoms with Gasteiger partial charge >= 0.3 is 0 Å². The molecule has 2 fully saturated rings. The minimum Gasteiger partial charge on any atom is -0.396 e. The van der Waals surface area contributed by atoms with E-state index < -0.39 is 0 Å². The Labute approximate surface area is 127 Å². The maximum Gasteiger partial charge on any atom is 0.186 e. The standard InChI is InChI=1S/C16H19FN2OS/c17-12-4-5-13-14(7-12)21-15(18-13)19-8-11-3-1-2-6-16(11,9-19)10-20/h4-5,7,11,20H,1-3,6,8-10H2. The molecule has 21 heavy (non-hydrogen) atoms. The number of nitrogens with zero attached hydrogens (tertiary/aromatic N) is 2. The van der Waals surface area contributed by atoms with Crippen molar-refractivity contribution in [2.75, 3.05) is 24.6 Å². The molecule has 1 aromatic carbocycles. The van der Waals surface area contributed by atoms with Gasteiger partial charge in [-0.3, -0.25) is 0 Å². The molecule has 1 aliphatic heterocycles. The molecule has 5 heteroatoms. The molecule has 1 N–H and O–H groups in total. The summed E-state index contributed by atoms with van der Waals surface area (Å²) in [6, 6.07) is 4.77. The molecule has 1 saturated heterocycles. The van der Waals surface area contributed by atoms with Gasteiger partial charge in [0.2, 0.25) is 0 Å². The van der Waals surface area contributed by atoms with Crippen molar-refractivity contribution in [1.29, 1.82) is 0 Å². The topological polar surface area (TPSA) is 36.4 Å². The average molecular weight is 306 g/mol. The van der Waals surface area contributed by atoms with Crippen molar-refractivity contribution >= 4 is 26.7 Å². The first-order valence-electron chi connectivity index (χ1n) is 7.62. The van der Waals surface area contributed by atoms with E-state index in [1.54, 1.807) is 23.5 Å². The van der Waals surface area contributed by atoms with Crippen molar-refractivity contribution < 1.29 is 9.50 Å². The van der Waals surface area contributed by atoms with Crippen molar-refractivity contribution in [3.8, 4) is 0 Å². The van der Waals surface area contributed by atoms with E-state index in [2.05, 4.69) is 9.88 Å². The maximum atomic E-state index is 13.3. The van der Waals surface area contributed by atoms with Gasteiger partial charge in [0.15, 0.2) is 5.13 Å². The Kier molecular flexibility index (Phi) is 3.15. The fourth-order valence-electron chi connectivity index (χ4n) is 4.01. The lowest BCUT2D eigenvalue weighted by Crippen LogP contribution is -2.36. The van der Waals surface area contributed by atoms with Crippen LogP contribution in [0.5, 0.6) is 0 Å². The number of benzene rings is 1. The molecule has 0 amide bonds. The SMILES string of the molecule is OCC12CCCCC1CN(c1nc3ccc(F)cc3s1)C2. The molecule has 2 unspecified atom stereocenters. The predicted molar refractivity (Wildman–Crippen MR) is 83.3 cm³/mol. The molecular formula is C16H19FN2OS. The van der Waals surface area contributed by atoms with Gasteiger partial charge in [-0.25, -0.2) is 9.37 Å². The first-order chi connectivity index (χ1) is 10.2. The Bertz CT molecular complexity index is 673. The molecular weight excluding hydrogens is 287 g/mol. The van der Waals surface area contributed by atoms with Gasteiger partial charge in [0.25, 0.3) is 0 Å². The fourth-order valence-corrected chi connectivity index (χ4v) is 5.01. The molecule has 1 aromatic heterocycles. The number of aliphatic hydroxyl groups excluding tert-OH is 1. The summed E-state index contributed by atoms with van der Waals surface area (Å²) >= 11 is 1.56. The zero-order chi connectivity index (χ0) is 14.4. The van der Waals surface area contributed by atoms with Crippen molar-refractivity contribution in [2.45, 2.75) is 25.7 Å². The maximum absolute atomic E-state index is 13.3. The summed E-state index contributed by atoms with van der Waals surface area (Å²) in [6.45, 7) is 2.13. The minimum atomic E-state index is -0.209. The highest BCUT2D eigenvalue weighted by atomic mass is 32.1. The van der Waals surface area contributed by atoms with Crippen LogP contribution in [-0.4, -0.2) is 29.8 Å². The molecule has 0 spiro atoms. The summed E-state index contributed by atoms with van der Waals surface area (Å²) in [4.78, 5) is 6.96. The molecule has 3 nitrogen and oxygen atoms in total. The van der Waals surface area contributed by atoms with Crippen LogP contribution in [0, 0.1) is 17.2 Å². The van der Waals surface area contributed by atoms with Crippen LogP contribution in [0.15, 0.2) is 18.2 Å². The lowest BCUT2D eigenvalue weighted by molar-refractivity contribution is 0.0627. The van der Waals surface area contributed by atoms with E-state index in [1.165, 1.54) is 25.3 Å². The van der Waals surface area contributed by atoms with Gasteiger partial charge in [-0.2, -0.15) is 0 Å². The van der Waals surface area contributed by atoms with Gasteiger partial charge in [0.1, 0.15) is 5.82 Å². The monoisotopic (exact) mass is 306 g/mol. The third kappa shape index (κ3) is 2.14. The highest BCUT2D eigenvalue weighted by Gasteiger charge is 2.47. The molecule has 2 aromatic rings. The Morgan fingerprint density at radius 2 is 2.33 bits per heavy atom. The van der Waals surface area contributed by atoms with E-state index in [9.17, 15) is 9.50 Å². The predicted octanol–water partition coefficient (Wildman–Crippen LogP) is 3.42. The van der Waals surface area contributed by atoms with Crippen LogP contribution in [0.4, 0.5) is 9.52 Å². The first kappa shape index (κ1) is 13.5. The number of halogens is 1. The molecule has 2 aliphatic rings. The quantitative estimate of drug-likeness (QED) is 0.923. The van der Waals surface area contributed by atoms with Crippen molar-refractivity contribution in [1.82, 2.24) is 4.98 Å². The zero-order valence-electron chi connectivity index (χ0n) is 11.9. The highest BCUT2D eigenvalue weighted by Crippen LogP contribution is 2.48. The second kappa shape index (κ2) is 4.92. The number of thiazole rings is 1. The summed E-state index contributed by atoms with van der Waals surface area (Å²) in [7, 11) is 0. The van der Waals surface area contributed by atoms with Crippen LogP contribution in [0.1, 0.15) is 25.7 Å². The normalized spacial score (nSPS) is 29.0. The molecule has 4 rings (SSSR count). The summed E-state index contributed by atoms with van der Waals surface area (Å²) in [6.07, 6.45) is 4.81. The lowest BCUT2D eigenvalue weighted by Gasteiger charge is -2.36. The summed E-state index contributed by atoms with van der Waals surface area (Å²) in [5.41, 5.74) is 0.922. The van der Waals surface area contributed by atoms with Crippen molar-refractivity contribution in [3.05, 3.63) is 24.0 Å². The Morgan fingerprint density at radius 3 is 3.14 bits per heavy atom. The number of aromatic nitrogens is 1. The summed E-state index contributed by atoms with van der Waals surface area (Å²) < 4.78 is 14.2. The number of anilines is 1. The van der Waals surface area contributed by atoms with Crippen LogP contribution in [-0.2, 0) is 0 Å². The molecule has 1 saturated carbocycles. The van der Waals surface area contributed by atoms with E-state index in [-0.39, 0.29) is 17.8 Å². The first-order valence-corrected chi connectivity index (χ1v) is 8.44. The highest BCUT2D eigenvalue weighted by molar-refractivity contribution is 7.22. The smallest absolute Gasteiger partial charge is 0.186 e. The van der Waals surface area contributed by atoms with E-state index in [1.807, 2.05) is 0 Å². The van der Waals surface area contributed by atoms with Gasteiger partial charge < -0.3 is 10.0 Å². The molecule has 112 valence electrons. The second-order valence-corrected chi connectivity index (χ2v) is 7.46. The van der Waals surface area contributed by atoms with Gasteiger partial charge in [0, 0.05) is 18.5 Å². The Balaban J connectivity index is 1.66. The summed E-state index contributed by atoms with van der Waals surface area (Å²) in [5.74, 6) is 0.361. The molecule has 1 aliphatic carbocycles. The van der Waals surface area contributed by atoms with Crippen LogP contribution >= 0.6 is 11.3 Å². The van der Waals surface area contributed by atoms with E-state index in [4.69, 9.17) is 0 Å². The van der Waals surface area contributed by atoms with Crippen LogP contribution in [0.25, 0.3) is 10.2 Å². The van der Waals surface area contributed by atoms with E-state index in [0.29, 0.717) is 5.92 Å². The van der Waals surface area contributed by atoms with Crippen LogP contribution in [0.2, 0.25) is 0 Å². The van der Waals surface area contributed by atoms with E-state index in [0.717, 1.165) is 34.9 Å². The van der Waals surface area contributed by atoms with Crippen LogP contribution in [0.3, 0.4) is 0 Å². The number of hydrogen-bond donors (Lipinski definition) is 1. The zero-order valence-corrected chi connectivity index (χ0v) is 12.7. The second-order valence-electron chi connectivity index (χ2n) is 6.45. The number of hydrogen-bond acceptors (Lipinski definition) is 4. The number of aliphatic hydroxyl groups is 1. The molecule has 2 heterocycles. The van der Waals surface area contributed by atoms with Gasteiger partial charge in [-0.15, -0.1) is 0 Å². The lowest BCUT2D eigenvalue weighted by atomic mass is 9.69. The molecule has 0 radical (unpaired) electrons. The summed E-state index contributed by atoms with van der Waals surface area (Å²) in [5, 5.41) is 10.9. The van der Waals surface area contributed by atoms with Crippen molar-refractivity contribution in [2.24, 2.45) is 11.3 Å².